The fourth-order valence-corrected chi connectivity index (χ4v) is 5.31. The van der Waals surface area contributed by atoms with E-state index >= 15 is 0 Å². The number of unbranched alkanes of at least 4 members (excludes halogenated alkanes) is 4. The van der Waals surface area contributed by atoms with Gasteiger partial charge < -0.3 is 9.47 Å². The van der Waals surface area contributed by atoms with Crippen LogP contribution in [0.2, 0.25) is 0 Å². The first kappa shape index (κ1) is 25.0. The third-order valence-corrected chi connectivity index (χ3v) is 7.34. The van der Waals surface area contributed by atoms with Crippen LogP contribution in [0.5, 0.6) is 11.8 Å². The highest BCUT2D eigenvalue weighted by molar-refractivity contribution is 5.61. The van der Waals surface area contributed by atoms with Gasteiger partial charge in [0.25, 0.3) is 0 Å². The summed E-state index contributed by atoms with van der Waals surface area (Å²) in [6.07, 6.45) is 18.9. The molecule has 4 heteroatoms. The van der Waals surface area contributed by atoms with Crippen LogP contribution in [-0.4, -0.2) is 23.2 Å². The summed E-state index contributed by atoms with van der Waals surface area (Å²) in [5, 5.41) is 0. The molecule has 2 aliphatic carbocycles. The van der Waals surface area contributed by atoms with Gasteiger partial charge in [-0.1, -0.05) is 52.4 Å². The van der Waals surface area contributed by atoms with Crippen LogP contribution in [0.15, 0.2) is 12.1 Å². The number of hydrogen-bond donors (Lipinski definition) is 0. The summed E-state index contributed by atoms with van der Waals surface area (Å²) in [6, 6.07) is 4.59. The number of fused-ring (bicyclic) bond motifs is 2. The number of pyridine rings is 2. The maximum Gasteiger partial charge on any atom is 0.217 e. The largest absolute Gasteiger partial charge is 0.477 e. The molecule has 2 heterocycles. The summed E-state index contributed by atoms with van der Waals surface area (Å²) in [7, 11) is 0. The Morgan fingerprint density at radius 3 is 1.47 bits per heavy atom. The third kappa shape index (κ3) is 6.52. The maximum atomic E-state index is 6.31. The average molecular weight is 465 g/mol. The molecule has 0 fully saturated rings. The van der Waals surface area contributed by atoms with Crippen molar-refractivity contribution in [3.8, 4) is 23.1 Å². The summed E-state index contributed by atoms with van der Waals surface area (Å²) < 4.78 is 12.6. The minimum atomic E-state index is 0.750. The van der Waals surface area contributed by atoms with E-state index < -0.39 is 0 Å². The van der Waals surface area contributed by atoms with E-state index in [1.54, 1.807) is 0 Å². The van der Waals surface area contributed by atoms with Crippen LogP contribution in [0.1, 0.15) is 113 Å². The van der Waals surface area contributed by atoms with Gasteiger partial charge >= 0.3 is 0 Å². The zero-order chi connectivity index (χ0) is 23.6. The molecule has 0 bridgehead atoms. The van der Waals surface area contributed by atoms with Crippen LogP contribution in [-0.2, 0) is 25.7 Å². The van der Waals surface area contributed by atoms with Crippen LogP contribution in [0.25, 0.3) is 11.4 Å². The minimum absolute atomic E-state index is 0.750. The van der Waals surface area contributed by atoms with E-state index in [9.17, 15) is 0 Å². The van der Waals surface area contributed by atoms with Crippen molar-refractivity contribution in [1.29, 1.82) is 0 Å². The van der Waals surface area contributed by atoms with Gasteiger partial charge in [0.05, 0.1) is 24.6 Å². The standard InChI is InChI=1S/C30H44N2O2/c1-3-5-13-19-33-29-25-17-11-7-9-15-23(25)21-27(31-29)28-22-24-16-10-8-12-18-26(24)30(32-28)34-20-14-6-4-2/h21-22H,3-20H2,1-2H3. The number of hydrogen-bond acceptors (Lipinski definition) is 4. The van der Waals surface area contributed by atoms with Gasteiger partial charge in [0.2, 0.25) is 11.8 Å². The van der Waals surface area contributed by atoms with Crippen molar-refractivity contribution in [3.05, 3.63) is 34.4 Å². The highest BCUT2D eigenvalue weighted by Gasteiger charge is 2.21. The smallest absolute Gasteiger partial charge is 0.217 e. The first-order valence-electron chi connectivity index (χ1n) is 14.1. The first-order valence-corrected chi connectivity index (χ1v) is 14.1. The Labute approximate surface area is 206 Å². The van der Waals surface area contributed by atoms with Crippen molar-refractivity contribution < 1.29 is 9.47 Å². The van der Waals surface area contributed by atoms with Crippen LogP contribution in [0.4, 0.5) is 0 Å². The van der Waals surface area contributed by atoms with Crippen molar-refractivity contribution in [1.82, 2.24) is 9.97 Å². The Morgan fingerprint density at radius 1 is 0.588 bits per heavy atom. The van der Waals surface area contributed by atoms with Gasteiger partial charge in [-0.15, -0.1) is 0 Å². The van der Waals surface area contributed by atoms with E-state index in [1.807, 2.05) is 0 Å². The first-order chi connectivity index (χ1) is 16.8. The molecule has 34 heavy (non-hydrogen) atoms. The summed E-state index contributed by atoms with van der Waals surface area (Å²) >= 11 is 0. The van der Waals surface area contributed by atoms with Gasteiger partial charge in [-0.05, 0) is 87.5 Å². The molecule has 0 spiro atoms. The van der Waals surface area contributed by atoms with Crippen molar-refractivity contribution in [3.63, 3.8) is 0 Å². The Morgan fingerprint density at radius 2 is 1.03 bits per heavy atom. The number of aryl methyl sites for hydroxylation is 2. The molecule has 4 nitrogen and oxygen atoms in total. The summed E-state index contributed by atoms with van der Waals surface area (Å²) in [4.78, 5) is 10.2. The highest BCUT2D eigenvalue weighted by atomic mass is 16.5. The Kier molecular flexibility index (Phi) is 9.64. The van der Waals surface area contributed by atoms with Gasteiger partial charge in [-0.25, -0.2) is 9.97 Å². The van der Waals surface area contributed by atoms with E-state index in [4.69, 9.17) is 19.4 Å². The van der Waals surface area contributed by atoms with E-state index in [2.05, 4.69) is 26.0 Å². The Bertz CT molecular complexity index is 849. The lowest BCUT2D eigenvalue weighted by Crippen LogP contribution is -2.08. The molecule has 0 atom stereocenters. The average Bonchev–Trinajstić information content (AvgIpc) is 3.25. The molecule has 2 aromatic rings. The molecule has 0 unspecified atom stereocenters. The van der Waals surface area contributed by atoms with Gasteiger partial charge in [-0.3, -0.25) is 0 Å². The topological polar surface area (TPSA) is 44.2 Å². The quantitative estimate of drug-likeness (QED) is 0.251. The number of ether oxygens (including phenoxy) is 2. The lowest BCUT2D eigenvalue weighted by atomic mass is 10.00. The zero-order valence-corrected chi connectivity index (χ0v) is 21.6. The van der Waals surface area contributed by atoms with E-state index in [0.29, 0.717) is 0 Å². The second-order valence-corrected chi connectivity index (χ2v) is 10.1. The lowest BCUT2D eigenvalue weighted by molar-refractivity contribution is 0.290. The molecule has 0 saturated heterocycles. The molecule has 0 N–H and O–H groups in total. The fourth-order valence-electron chi connectivity index (χ4n) is 5.31. The molecule has 2 aromatic heterocycles. The second-order valence-electron chi connectivity index (χ2n) is 10.1. The predicted molar refractivity (Wildman–Crippen MR) is 140 cm³/mol. The number of rotatable bonds is 11. The third-order valence-electron chi connectivity index (χ3n) is 7.34. The molecule has 2 aliphatic rings. The van der Waals surface area contributed by atoms with Crippen LogP contribution in [0, 0.1) is 0 Å². The maximum absolute atomic E-state index is 6.31. The molecule has 0 aliphatic heterocycles. The predicted octanol–water partition coefficient (Wildman–Crippen LogP) is 7.82. The van der Waals surface area contributed by atoms with Crippen molar-refractivity contribution in [2.75, 3.05) is 13.2 Å². The van der Waals surface area contributed by atoms with Crippen molar-refractivity contribution in [2.24, 2.45) is 0 Å². The number of nitrogens with zero attached hydrogens (tertiary/aromatic N) is 2. The SMILES string of the molecule is CCCCCOc1nc(-c2cc3c(c(OCCCCC)n2)CCCCC3)cc2c1CCCCC2. The van der Waals surface area contributed by atoms with E-state index in [1.165, 1.54) is 86.5 Å². The lowest BCUT2D eigenvalue weighted by Gasteiger charge is -2.18. The van der Waals surface area contributed by atoms with Gasteiger partial charge in [0.15, 0.2) is 0 Å². The van der Waals surface area contributed by atoms with Crippen LogP contribution >= 0.6 is 0 Å². The van der Waals surface area contributed by atoms with Crippen molar-refractivity contribution >= 4 is 0 Å². The molecule has 0 radical (unpaired) electrons. The van der Waals surface area contributed by atoms with Gasteiger partial charge in [-0.2, -0.15) is 0 Å². The molecule has 0 saturated carbocycles. The second kappa shape index (κ2) is 13.1. The molecule has 0 amide bonds. The molecule has 4 rings (SSSR count). The molecule has 0 aromatic carbocycles. The monoisotopic (exact) mass is 464 g/mol. The normalized spacial score (nSPS) is 15.7. The molecule has 186 valence electrons. The summed E-state index contributed by atoms with van der Waals surface area (Å²) in [5.74, 6) is 1.71. The van der Waals surface area contributed by atoms with E-state index in [0.717, 1.165) is 74.9 Å². The Balaban J connectivity index is 1.68. The van der Waals surface area contributed by atoms with Crippen LogP contribution < -0.4 is 9.47 Å². The van der Waals surface area contributed by atoms with Gasteiger partial charge in [0.1, 0.15) is 0 Å². The summed E-state index contributed by atoms with van der Waals surface area (Å²) in [5.41, 5.74) is 7.41. The molecular formula is C30H44N2O2. The number of aromatic nitrogens is 2. The Hall–Kier alpha value is -2.10. The highest BCUT2D eigenvalue weighted by Crippen LogP contribution is 2.35. The van der Waals surface area contributed by atoms with E-state index in [-0.39, 0.29) is 0 Å². The minimum Gasteiger partial charge on any atom is -0.477 e. The fraction of sp³-hybridized carbons (Fsp3) is 0.667. The summed E-state index contributed by atoms with van der Waals surface area (Å²) in [6.45, 7) is 5.97. The zero-order valence-electron chi connectivity index (χ0n) is 21.6. The van der Waals surface area contributed by atoms with Crippen LogP contribution in [0.3, 0.4) is 0 Å². The van der Waals surface area contributed by atoms with Gasteiger partial charge in [0, 0.05) is 11.1 Å². The van der Waals surface area contributed by atoms with Crippen molar-refractivity contribution in [2.45, 2.75) is 117 Å². The molecular weight excluding hydrogens is 420 g/mol.